The Hall–Kier alpha value is -1.71. The highest BCUT2D eigenvalue weighted by atomic mass is 19.1. The molecule has 1 heterocycles. The topological polar surface area (TPSA) is 26.0 Å². The molecular formula is C9H4F2NO. The molecule has 1 aromatic carbocycles. The van der Waals surface area contributed by atoms with Crippen molar-refractivity contribution in [3.63, 3.8) is 0 Å². The minimum Gasteiger partial charge on any atom is -0.440 e. The SMILES string of the molecule is Fc1ccc(-c2co[c]n2)c(F)c1. The van der Waals surface area contributed by atoms with Crippen LogP contribution in [0.2, 0.25) is 0 Å². The molecule has 65 valence electrons. The highest BCUT2D eigenvalue weighted by molar-refractivity contribution is 5.58. The van der Waals surface area contributed by atoms with Gasteiger partial charge in [0.15, 0.2) is 0 Å². The fraction of sp³-hybridized carbons (Fsp3) is 0. The molecule has 0 atom stereocenters. The fourth-order valence-electron chi connectivity index (χ4n) is 1.00. The van der Waals surface area contributed by atoms with Crippen molar-refractivity contribution in [2.45, 2.75) is 0 Å². The Morgan fingerprint density at radius 1 is 1.31 bits per heavy atom. The number of halogens is 2. The van der Waals surface area contributed by atoms with Crippen molar-refractivity contribution in [2.75, 3.05) is 0 Å². The molecule has 0 N–H and O–H groups in total. The van der Waals surface area contributed by atoms with Gasteiger partial charge in [0, 0.05) is 11.6 Å². The summed E-state index contributed by atoms with van der Waals surface area (Å²) in [6.07, 6.45) is 3.43. The van der Waals surface area contributed by atoms with Crippen molar-refractivity contribution in [1.29, 1.82) is 0 Å². The summed E-state index contributed by atoms with van der Waals surface area (Å²) in [5, 5.41) is 0. The number of aromatic nitrogens is 1. The summed E-state index contributed by atoms with van der Waals surface area (Å²) in [6.45, 7) is 0. The largest absolute Gasteiger partial charge is 0.440 e. The molecule has 0 amide bonds. The second-order valence-electron chi connectivity index (χ2n) is 2.45. The number of nitrogens with zero attached hydrogens (tertiary/aromatic N) is 1. The highest BCUT2D eigenvalue weighted by Gasteiger charge is 2.08. The summed E-state index contributed by atoms with van der Waals surface area (Å²) in [7, 11) is 0. The minimum absolute atomic E-state index is 0.200. The molecule has 1 radical (unpaired) electrons. The number of benzene rings is 1. The van der Waals surface area contributed by atoms with Crippen molar-refractivity contribution >= 4 is 0 Å². The van der Waals surface area contributed by atoms with Crippen molar-refractivity contribution in [3.05, 3.63) is 42.5 Å². The summed E-state index contributed by atoms with van der Waals surface area (Å²) < 4.78 is 30.1. The van der Waals surface area contributed by atoms with Crippen molar-refractivity contribution < 1.29 is 13.2 Å². The van der Waals surface area contributed by atoms with Gasteiger partial charge in [-0.3, -0.25) is 0 Å². The Morgan fingerprint density at radius 2 is 2.15 bits per heavy atom. The summed E-state index contributed by atoms with van der Waals surface area (Å²) in [5.74, 6) is -1.28. The Kier molecular flexibility index (Phi) is 1.81. The van der Waals surface area contributed by atoms with Crippen LogP contribution in [-0.2, 0) is 0 Å². The average Bonchev–Trinajstić information content (AvgIpc) is 2.56. The monoisotopic (exact) mass is 180 g/mol. The molecule has 0 aliphatic rings. The zero-order chi connectivity index (χ0) is 9.26. The van der Waals surface area contributed by atoms with E-state index < -0.39 is 11.6 Å². The van der Waals surface area contributed by atoms with Crippen LogP contribution in [0, 0.1) is 18.0 Å². The van der Waals surface area contributed by atoms with Crippen LogP contribution in [0.3, 0.4) is 0 Å². The van der Waals surface area contributed by atoms with Gasteiger partial charge >= 0.3 is 0 Å². The maximum absolute atomic E-state index is 13.1. The second kappa shape index (κ2) is 2.97. The Balaban J connectivity index is 2.53. The summed E-state index contributed by atoms with van der Waals surface area (Å²) in [5.41, 5.74) is 0.504. The van der Waals surface area contributed by atoms with E-state index in [-0.39, 0.29) is 5.56 Å². The lowest BCUT2D eigenvalue weighted by Gasteiger charge is -1.97. The van der Waals surface area contributed by atoms with Gasteiger partial charge in [0.1, 0.15) is 23.6 Å². The van der Waals surface area contributed by atoms with E-state index in [9.17, 15) is 8.78 Å². The maximum Gasteiger partial charge on any atom is 0.284 e. The van der Waals surface area contributed by atoms with E-state index in [1.807, 2.05) is 0 Å². The van der Waals surface area contributed by atoms with Crippen LogP contribution < -0.4 is 0 Å². The number of hydrogen-bond donors (Lipinski definition) is 0. The molecule has 0 aliphatic carbocycles. The molecule has 2 rings (SSSR count). The Labute approximate surface area is 72.8 Å². The first-order valence-electron chi connectivity index (χ1n) is 3.54. The molecule has 1 aromatic heterocycles. The minimum atomic E-state index is -0.665. The van der Waals surface area contributed by atoms with Gasteiger partial charge in [0.25, 0.3) is 6.39 Å². The fourth-order valence-corrected chi connectivity index (χ4v) is 1.00. The van der Waals surface area contributed by atoms with E-state index in [2.05, 4.69) is 15.8 Å². The molecular weight excluding hydrogens is 176 g/mol. The first-order valence-corrected chi connectivity index (χ1v) is 3.54. The predicted octanol–water partition coefficient (Wildman–Crippen LogP) is 2.42. The van der Waals surface area contributed by atoms with Crippen LogP contribution in [0.5, 0.6) is 0 Å². The predicted molar refractivity (Wildman–Crippen MR) is 40.7 cm³/mol. The van der Waals surface area contributed by atoms with Gasteiger partial charge in [0.05, 0.1) is 0 Å². The van der Waals surface area contributed by atoms with E-state index in [1.54, 1.807) is 0 Å². The van der Waals surface area contributed by atoms with Gasteiger partial charge in [-0.1, -0.05) is 0 Å². The smallest absolute Gasteiger partial charge is 0.284 e. The Morgan fingerprint density at radius 3 is 2.77 bits per heavy atom. The van der Waals surface area contributed by atoms with Gasteiger partial charge in [-0.25, -0.2) is 13.8 Å². The van der Waals surface area contributed by atoms with Crippen molar-refractivity contribution in [3.8, 4) is 11.3 Å². The van der Waals surface area contributed by atoms with Crippen LogP contribution in [0.25, 0.3) is 11.3 Å². The molecule has 0 saturated heterocycles. The second-order valence-corrected chi connectivity index (χ2v) is 2.45. The van der Waals surface area contributed by atoms with Gasteiger partial charge in [0.2, 0.25) is 0 Å². The van der Waals surface area contributed by atoms with E-state index >= 15 is 0 Å². The lowest BCUT2D eigenvalue weighted by Crippen LogP contribution is -1.85. The molecule has 0 bridgehead atoms. The molecule has 0 fully saturated rings. The van der Waals surface area contributed by atoms with Crippen LogP contribution in [0.4, 0.5) is 8.78 Å². The quantitative estimate of drug-likeness (QED) is 0.673. The van der Waals surface area contributed by atoms with Gasteiger partial charge < -0.3 is 4.42 Å². The number of rotatable bonds is 1. The van der Waals surface area contributed by atoms with Crippen molar-refractivity contribution in [1.82, 2.24) is 4.98 Å². The van der Waals surface area contributed by atoms with E-state index in [0.717, 1.165) is 12.1 Å². The zero-order valence-electron chi connectivity index (χ0n) is 6.42. The van der Waals surface area contributed by atoms with Crippen molar-refractivity contribution in [2.24, 2.45) is 0 Å². The maximum atomic E-state index is 13.1. The third-order valence-electron chi connectivity index (χ3n) is 1.60. The summed E-state index contributed by atoms with van der Waals surface area (Å²) >= 11 is 0. The molecule has 13 heavy (non-hydrogen) atoms. The molecule has 0 aliphatic heterocycles. The molecule has 0 unspecified atom stereocenters. The third kappa shape index (κ3) is 1.42. The molecule has 2 aromatic rings. The van der Waals surface area contributed by atoms with E-state index in [4.69, 9.17) is 0 Å². The van der Waals surface area contributed by atoms with E-state index in [1.165, 1.54) is 12.3 Å². The van der Waals surface area contributed by atoms with Gasteiger partial charge in [-0.2, -0.15) is 0 Å². The standard InChI is InChI=1S/C9H4F2NO/c10-6-1-2-7(8(11)3-6)9-4-13-5-12-9/h1-4H. The highest BCUT2D eigenvalue weighted by Crippen LogP contribution is 2.20. The van der Waals surface area contributed by atoms with Gasteiger partial charge in [-0.15, -0.1) is 0 Å². The average molecular weight is 180 g/mol. The lowest BCUT2D eigenvalue weighted by molar-refractivity contribution is 0.547. The molecule has 2 nitrogen and oxygen atoms in total. The first-order chi connectivity index (χ1) is 6.27. The van der Waals surface area contributed by atoms with Crippen LogP contribution in [-0.4, -0.2) is 4.98 Å². The lowest BCUT2D eigenvalue weighted by atomic mass is 10.1. The third-order valence-corrected chi connectivity index (χ3v) is 1.60. The van der Waals surface area contributed by atoms with Crippen LogP contribution in [0.15, 0.2) is 28.9 Å². The Bertz CT molecular complexity index is 412. The normalized spacial score (nSPS) is 10.3. The van der Waals surface area contributed by atoms with Gasteiger partial charge in [-0.05, 0) is 12.1 Å². The molecule has 4 heteroatoms. The van der Waals surface area contributed by atoms with Crippen LogP contribution >= 0.6 is 0 Å². The zero-order valence-corrected chi connectivity index (χ0v) is 6.42. The molecule has 0 spiro atoms. The first kappa shape index (κ1) is 7.91. The number of hydrogen-bond acceptors (Lipinski definition) is 2. The number of oxazole rings is 1. The summed E-state index contributed by atoms with van der Waals surface area (Å²) in [4.78, 5) is 3.62. The summed E-state index contributed by atoms with van der Waals surface area (Å²) in [6, 6.07) is 3.26. The van der Waals surface area contributed by atoms with Crippen LogP contribution in [0.1, 0.15) is 0 Å². The molecule has 0 saturated carbocycles. The van der Waals surface area contributed by atoms with E-state index in [0.29, 0.717) is 5.69 Å².